The fourth-order valence-corrected chi connectivity index (χ4v) is 3.49. The molecule has 2 N–H and O–H groups in total. The fraction of sp³-hybridized carbons (Fsp3) is 0.318. The number of pyridine rings is 1. The Morgan fingerprint density at radius 2 is 1.90 bits per heavy atom. The van der Waals surface area contributed by atoms with Gasteiger partial charge in [0.25, 0.3) is 5.91 Å². The molecule has 1 aromatic carbocycles. The van der Waals surface area contributed by atoms with Crippen molar-refractivity contribution >= 4 is 11.7 Å². The number of likely N-dealkylation sites (N-methyl/N-ethyl adjacent to an activating group) is 1. The van der Waals surface area contributed by atoms with Crippen LogP contribution >= 0.6 is 0 Å². The fourth-order valence-electron chi connectivity index (χ4n) is 3.49. The van der Waals surface area contributed by atoms with E-state index in [0.29, 0.717) is 17.9 Å². The van der Waals surface area contributed by atoms with E-state index >= 15 is 0 Å². The Morgan fingerprint density at radius 1 is 1.13 bits per heavy atom. The second-order valence-electron chi connectivity index (χ2n) is 7.30. The van der Waals surface area contributed by atoms with Crippen molar-refractivity contribution in [2.45, 2.75) is 13.5 Å². The van der Waals surface area contributed by atoms with E-state index in [1.165, 1.54) is 12.1 Å². The lowest BCUT2D eigenvalue weighted by Gasteiger charge is -2.34. The van der Waals surface area contributed by atoms with E-state index in [9.17, 15) is 9.18 Å². The third-order valence-electron chi connectivity index (χ3n) is 5.37. The van der Waals surface area contributed by atoms with Crippen LogP contribution < -0.4 is 10.2 Å². The topological polar surface area (TPSA) is 77.1 Å². The first-order chi connectivity index (χ1) is 14.6. The molecule has 4 rings (SSSR count). The lowest BCUT2D eigenvalue weighted by molar-refractivity contribution is 0.0946. The molecule has 7 nitrogen and oxygen atoms in total. The third kappa shape index (κ3) is 4.65. The molecule has 2 aromatic heterocycles. The number of H-pyrrole nitrogens is 1. The Morgan fingerprint density at radius 3 is 2.57 bits per heavy atom. The normalized spacial score (nSPS) is 14.7. The minimum absolute atomic E-state index is 0.254. The summed E-state index contributed by atoms with van der Waals surface area (Å²) in [5.41, 5.74) is 2.62. The maximum absolute atomic E-state index is 13.1. The van der Waals surface area contributed by atoms with Crippen molar-refractivity contribution in [2.75, 3.05) is 37.6 Å². The standard InChI is InChI=1S/C22H25FN6O/c1-2-28-9-11-29(12-10-28)21-8-3-16(14-24-21)15-25-22(30)20-13-19(26-27-20)17-4-6-18(23)7-5-17/h3-8,13-14H,2,9-12,15H2,1H3,(H,25,30)(H,26,27). The number of rotatable bonds is 6. The van der Waals surface area contributed by atoms with Gasteiger partial charge in [-0.2, -0.15) is 5.10 Å². The number of amides is 1. The SMILES string of the molecule is CCN1CCN(c2ccc(CNC(=O)c3cc(-c4ccc(F)cc4)n[nH]3)cn2)CC1. The summed E-state index contributed by atoms with van der Waals surface area (Å²) >= 11 is 0. The first kappa shape index (κ1) is 20.0. The summed E-state index contributed by atoms with van der Waals surface area (Å²) in [6, 6.07) is 11.6. The molecule has 0 spiro atoms. The van der Waals surface area contributed by atoms with Crippen LogP contribution in [-0.4, -0.2) is 58.7 Å². The van der Waals surface area contributed by atoms with Crippen molar-refractivity contribution in [3.63, 3.8) is 0 Å². The van der Waals surface area contributed by atoms with Gasteiger partial charge in [-0.15, -0.1) is 0 Å². The van der Waals surface area contributed by atoms with Crippen LogP contribution in [0.15, 0.2) is 48.7 Å². The summed E-state index contributed by atoms with van der Waals surface area (Å²) in [5, 5.41) is 9.74. The molecule has 1 amide bonds. The van der Waals surface area contributed by atoms with Gasteiger partial charge in [0.05, 0.1) is 5.69 Å². The van der Waals surface area contributed by atoms with Gasteiger partial charge < -0.3 is 15.1 Å². The number of hydrogen-bond acceptors (Lipinski definition) is 5. The highest BCUT2D eigenvalue weighted by atomic mass is 19.1. The van der Waals surface area contributed by atoms with Crippen LogP contribution in [0.25, 0.3) is 11.3 Å². The van der Waals surface area contributed by atoms with Crippen molar-refractivity contribution in [3.8, 4) is 11.3 Å². The number of aromatic amines is 1. The molecule has 0 unspecified atom stereocenters. The molecule has 1 aliphatic heterocycles. The van der Waals surface area contributed by atoms with E-state index in [4.69, 9.17) is 0 Å². The van der Waals surface area contributed by atoms with Crippen LogP contribution in [-0.2, 0) is 6.54 Å². The van der Waals surface area contributed by atoms with Crippen molar-refractivity contribution in [2.24, 2.45) is 0 Å². The van der Waals surface area contributed by atoms with Crippen LogP contribution in [0.3, 0.4) is 0 Å². The van der Waals surface area contributed by atoms with Gasteiger partial charge in [-0.25, -0.2) is 9.37 Å². The summed E-state index contributed by atoms with van der Waals surface area (Å²) in [5.74, 6) is 0.407. The number of hydrogen-bond donors (Lipinski definition) is 2. The average Bonchev–Trinajstić information content (AvgIpc) is 3.29. The smallest absolute Gasteiger partial charge is 0.269 e. The zero-order valence-corrected chi connectivity index (χ0v) is 16.9. The van der Waals surface area contributed by atoms with Gasteiger partial charge in [-0.3, -0.25) is 9.89 Å². The van der Waals surface area contributed by atoms with Crippen LogP contribution in [0.4, 0.5) is 10.2 Å². The number of carbonyl (C=O) groups is 1. The second kappa shape index (κ2) is 9.04. The number of nitrogens with zero attached hydrogens (tertiary/aromatic N) is 4. The van der Waals surface area contributed by atoms with Gasteiger partial charge in [0.1, 0.15) is 17.3 Å². The summed E-state index contributed by atoms with van der Waals surface area (Å²) in [6.45, 7) is 7.71. The lowest BCUT2D eigenvalue weighted by atomic mass is 10.1. The van der Waals surface area contributed by atoms with Crippen molar-refractivity contribution < 1.29 is 9.18 Å². The first-order valence-corrected chi connectivity index (χ1v) is 10.1. The first-order valence-electron chi connectivity index (χ1n) is 10.1. The van der Waals surface area contributed by atoms with E-state index < -0.39 is 0 Å². The molecular weight excluding hydrogens is 383 g/mol. The molecule has 156 valence electrons. The molecular formula is C22H25FN6O. The molecule has 8 heteroatoms. The molecule has 3 aromatic rings. The molecule has 0 radical (unpaired) electrons. The van der Waals surface area contributed by atoms with Crippen molar-refractivity contribution in [1.82, 2.24) is 25.4 Å². The molecule has 0 bridgehead atoms. The van der Waals surface area contributed by atoms with Gasteiger partial charge in [-0.1, -0.05) is 13.0 Å². The molecule has 1 fully saturated rings. The Kier molecular flexibility index (Phi) is 6.04. The van der Waals surface area contributed by atoms with E-state index in [0.717, 1.165) is 49.7 Å². The Labute approximate surface area is 174 Å². The summed E-state index contributed by atoms with van der Waals surface area (Å²) in [7, 11) is 0. The second-order valence-corrected chi connectivity index (χ2v) is 7.30. The summed E-state index contributed by atoms with van der Waals surface area (Å²) < 4.78 is 13.1. The molecule has 0 saturated carbocycles. The van der Waals surface area contributed by atoms with Crippen LogP contribution in [0, 0.1) is 5.82 Å². The minimum Gasteiger partial charge on any atom is -0.354 e. The quantitative estimate of drug-likeness (QED) is 0.656. The molecule has 0 aliphatic carbocycles. The Bertz CT molecular complexity index is 978. The van der Waals surface area contributed by atoms with E-state index in [-0.39, 0.29) is 11.7 Å². The molecule has 0 atom stereocenters. The minimum atomic E-state index is -0.310. The maximum atomic E-state index is 13.1. The molecule has 1 saturated heterocycles. The van der Waals surface area contributed by atoms with Gasteiger partial charge >= 0.3 is 0 Å². The number of carbonyl (C=O) groups excluding carboxylic acids is 1. The Balaban J connectivity index is 1.31. The molecule has 3 heterocycles. The highest BCUT2D eigenvalue weighted by Gasteiger charge is 2.16. The predicted molar refractivity (Wildman–Crippen MR) is 114 cm³/mol. The van der Waals surface area contributed by atoms with Gasteiger partial charge in [-0.05, 0) is 48.5 Å². The zero-order chi connectivity index (χ0) is 20.9. The van der Waals surface area contributed by atoms with Crippen LogP contribution in [0.1, 0.15) is 23.0 Å². The monoisotopic (exact) mass is 408 g/mol. The highest BCUT2D eigenvalue weighted by Crippen LogP contribution is 2.18. The number of nitrogens with one attached hydrogen (secondary N) is 2. The maximum Gasteiger partial charge on any atom is 0.269 e. The summed E-state index contributed by atoms with van der Waals surface area (Å²) in [4.78, 5) is 21.7. The van der Waals surface area contributed by atoms with E-state index in [1.807, 2.05) is 12.1 Å². The number of benzene rings is 1. The summed E-state index contributed by atoms with van der Waals surface area (Å²) in [6.07, 6.45) is 1.80. The number of aromatic nitrogens is 3. The van der Waals surface area contributed by atoms with Crippen molar-refractivity contribution in [3.05, 3.63) is 65.7 Å². The van der Waals surface area contributed by atoms with Crippen LogP contribution in [0.5, 0.6) is 0 Å². The van der Waals surface area contributed by atoms with E-state index in [2.05, 4.69) is 37.2 Å². The number of halogens is 1. The molecule has 30 heavy (non-hydrogen) atoms. The Hall–Kier alpha value is -3.26. The third-order valence-corrected chi connectivity index (χ3v) is 5.37. The van der Waals surface area contributed by atoms with Gasteiger partial charge in [0, 0.05) is 44.5 Å². The van der Waals surface area contributed by atoms with Crippen LogP contribution in [0.2, 0.25) is 0 Å². The van der Waals surface area contributed by atoms with E-state index in [1.54, 1.807) is 24.4 Å². The number of piperazine rings is 1. The largest absolute Gasteiger partial charge is 0.354 e. The van der Waals surface area contributed by atoms with Crippen molar-refractivity contribution in [1.29, 1.82) is 0 Å². The lowest BCUT2D eigenvalue weighted by Crippen LogP contribution is -2.46. The van der Waals surface area contributed by atoms with Gasteiger partial charge in [0.2, 0.25) is 0 Å². The number of anilines is 1. The average molecular weight is 408 g/mol. The molecule has 1 aliphatic rings. The van der Waals surface area contributed by atoms with Gasteiger partial charge in [0.15, 0.2) is 0 Å². The highest BCUT2D eigenvalue weighted by molar-refractivity contribution is 5.93. The predicted octanol–water partition coefficient (Wildman–Crippen LogP) is 2.68. The zero-order valence-electron chi connectivity index (χ0n) is 16.9.